The van der Waals surface area contributed by atoms with Crippen LogP contribution < -0.4 is 20.1 Å². The molecular weight excluding hydrogens is 360 g/mol. The van der Waals surface area contributed by atoms with Gasteiger partial charge in [0, 0.05) is 30.0 Å². The highest BCUT2D eigenvalue weighted by atomic mass is 33.1. The number of nitrogens with one attached hydrogen (secondary N) is 2. The van der Waals surface area contributed by atoms with Crippen molar-refractivity contribution in [3.05, 3.63) is 23.8 Å². The van der Waals surface area contributed by atoms with E-state index in [0.29, 0.717) is 30.2 Å². The van der Waals surface area contributed by atoms with Gasteiger partial charge in [-0.15, -0.1) is 0 Å². The van der Waals surface area contributed by atoms with Gasteiger partial charge in [0.25, 0.3) is 0 Å². The summed E-state index contributed by atoms with van der Waals surface area (Å²) in [6.45, 7) is 0.309. The molecule has 2 N–H and O–H groups in total. The minimum Gasteiger partial charge on any atom is -0.493 e. The number of hydrogen-bond donors (Lipinski definition) is 2. The van der Waals surface area contributed by atoms with Gasteiger partial charge in [0.2, 0.25) is 11.8 Å². The monoisotopic (exact) mass is 384 g/mol. The highest BCUT2D eigenvalue weighted by molar-refractivity contribution is 8.76. The van der Waals surface area contributed by atoms with E-state index in [0.717, 1.165) is 24.2 Å². The average molecular weight is 385 g/mol. The highest BCUT2D eigenvalue weighted by Gasteiger charge is 2.22. The lowest BCUT2D eigenvalue weighted by Gasteiger charge is -2.20. The summed E-state index contributed by atoms with van der Waals surface area (Å²) in [6, 6.07) is 5.00. The van der Waals surface area contributed by atoms with Crippen LogP contribution in [0.1, 0.15) is 24.8 Å². The number of para-hydroxylation sites is 1. The van der Waals surface area contributed by atoms with Gasteiger partial charge < -0.3 is 20.1 Å². The number of benzene rings is 1. The zero-order chi connectivity index (χ0) is 18.1. The standard InChI is InChI=1S/C17H24N2O4S2/c1-22-14-7-5-6-12(16(14)23-2)10-18-17(21)13-11-25-24-9-4-3-8-15(20)19-13/h5-7,13H,3-4,8-11H2,1-2H3,(H,18,21)(H,19,20)/t13-/m0/s1. The van der Waals surface area contributed by atoms with Crippen molar-refractivity contribution in [2.75, 3.05) is 25.7 Å². The topological polar surface area (TPSA) is 76.7 Å². The largest absolute Gasteiger partial charge is 0.493 e. The number of ether oxygens (including phenoxy) is 2. The van der Waals surface area contributed by atoms with Crippen molar-refractivity contribution >= 4 is 33.4 Å². The summed E-state index contributed by atoms with van der Waals surface area (Å²) in [5, 5.41) is 5.72. The van der Waals surface area contributed by atoms with Gasteiger partial charge in [0.05, 0.1) is 14.2 Å². The molecule has 1 fully saturated rings. The molecule has 2 rings (SSSR count). The third-order valence-corrected chi connectivity index (χ3v) is 6.29. The third-order valence-electron chi connectivity index (χ3n) is 3.79. The van der Waals surface area contributed by atoms with Gasteiger partial charge >= 0.3 is 0 Å². The maximum absolute atomic E-state index is 12.5. The summed E-state index contributed by atoms with van der Waals surface area (Å²) in [4.78, 5) is 24.4. The van der Waals surface area contributed by atoms with E-state index in [1.807, 2.05) is 12.1 Å². The van der Waals surface area contributed by atoms with Crippen LogP contribution >= 0.6 is 21.6 Å². The van der Waals surface area contributed by atoms with E-state index < -0.39 is 6.04 Å². The van der Waals surface area contributed by atoms with Crippen LogP contribution in [-0.2, 0) is 16.1 Å². The molecule has 25 heavy (non-hydrogen) atoms. The lowest BCUT2D eigenvalue weighted by molar-refractivity contribution is -0.128. The number of rotatable bonds is 5. The molecule has 138 valence electrons. The second-order valence-electron chi connectivity index (χ2n) is 5.55. The Morgan fingerprint density at radius 3 is 2.88 bits per heavy atom. The fourth-order valence-corrected chi connectivity index (χ4v) is 4.78. The first-order chi connectivity index (χ1) is 12.2. The molecular formula is C17H24N2O4S2. The van der Waals surface area contributed by atoms with E-state index in [1.54, 1.807) is 41.9 Å². The van der Waals surface area contributed by atoms with Crippen LogP contribution in [0.3, 0.4) is 0 Å². The lowest BCUT2D eigenvalue weighted by atomic mass is 10.1. The molecule has 0 bridgehead atoms. The van der Waals surface area contributed by atoms with E-state index in [-0.39, 0.29) is 11.8 Å². The Morgan fingerprint density at radius 1 is 1.28 bits per heavy atom. The van der Waals surface area contributed by atoms with Gasteiger partial charge in [-0.05, 0) is 18.9 Å². The first kappa shape index (κ1) is 19.8. The van der Waals surface area contributed by atoms with E-state index in [1.165, 1.54) is 0 Å². The van der Waals surface area contributed by atoms with Gasteiger partial charge in [-0.3, -0.25) is 9.59 Å². The molecule has 1 heterocycles. The molecule has 2 amide bonds. The van der Waals surface area contributed by atoms with Crippen molar-refractivity contribution in [1.29, 1.82) is 0 Å². The van der Waals surface area contributed by atoms with Crippen LogP contribution in [0.4, 0.5) is 0 Å². The molecule has 8 heteroatoms. The maximum Gasteiger partial charge on any atom is 0.243 e. The molecule has 1 aliphatic rings. The van der Waals surface area contributed by atoms with Gasteiger partial charge in [-0.1, -0.05) is 33.7 Å². The second kappa shape index (κ2) is 10.5. The van der Waals surface area contributed by atoms with Gasteiger partial charge in [0.1, 0.15) is 6.04 Å². The molecule has 6 nitrogen and oxygen atoms in total. The normalized spacial score (nSPS) is 18.8. The molecule has 0 aromatic heterocycles. The number of carbonyl (C=O) groups excluding carboxylic acids is 2. The van der Waals surface area contributed by atoms with Crippen LogP contribution in [0.25, 0.3) is 0 Å². The molecule has 1 aromatic carbocycles. The second-order valence-corrected chi connectivity index (χ2v) is 8.18. The van der Waals surface area contributed by atoms with E-state index in [4.69, 9.17) is 9.47 Å². The average Bonchev–Trinajstić information content (AvgIpc) is 2.64. The lowest BCUT2D eigenvalue weighted by Crippen LogP contribution is -2.48. The minimum atomic E-state index is -0.528. The summed E-state index contributed by atoms with van der Waals surface area (Å²) in [7, 11) is 6.51. The van der Waals surface area contributed by atoms with Crippen molar-refractivity contribution in [3.8, 4) is 11.5 Å². The van der Waals surface area contributed by atoms with Crippen LogP contribution in [0.5, 0.6) is 11.5 Å². The Balaban J connectivity index is 1.99. The fourth-order valence-electron chi connectivity index (χ4n) is 2.47. The Hall–Kier alpha value is -1.54. The number of amides is 2. The quantitative estimate of drug-likeness (QED) is 0.759. The highest BCUT2D eigenvalue weighted by Crippen LogP contribution is 2.30. The van der Waals surface area contributed by atoms with Crippen LogP contribution in [-0.4, -0.2) is 43.6 Å². The van der Waals surface area contributed by atoms with Crippen molar-refractivity contribution in [2.45, 2.75) is 31.8 Å². The molecule has 0 radical (unpaired) electrons. The summed E-state index contributed by atoms with van der Waals surface area (Å²) in [5.41, 5.74) is 0.823. The van der Waals surface area contributed by atoms with Crippen LogP contribution in [0, 0.1) is 0 Å². The number of carbonyl (C=O) groups is 2. The Bertz CT molecular complexity index is 598. The number of methoxy groups -OCH3 is 2. The summed E-state index contributed by atoms with van der Waals surface area (Å²) in [6.07, 6.45) is 2.35. The Kier molecular flexibility index (Phi) is 8.27. The Morgan fingerprint density at radius 2 is 2.12 bits per heavy atom. The number of hydrogen-bond acceptors (Lipinski definition) is 6. The van der Waals surface area contributed by atoms with Crippen molar-refractivity contribution in [3.63, 3.8) is 0 Å². The molecule has 1 aromatic rings. The first-order valence-electron chi connectivity index (χ1n) is 8.17. The van der Waals surface area contributed by atoms with E-state index >= 15 is 0 Å². The summed E-state index contributed by atoms with van der Waals surface area (Å²) in [5.74, 6) is 2.53. The predicted molar refractivity (Wildman–Crippen MR) is 102 cm³/mol. The van der Waals surface area contributed by atoms with Gasteiger partial charge in [-0.2, -0.15) is 0 Å². The predicted octanol–water partition coefficient (Wildman–Crippen LogP) is 2.37. The van der Waals surface area contributed by atoms with Crippen molar-refractivity contribution in [1.82, 2.24) is 10.6 Å². The fraction of sp³-hybridized carbons (Fsp3) is 0.529. The zero-order valence-electron chi connectivity index (χ0n) is 14.5. The smallest absolute Gasteiger partial charge is 0.243 e. The molecule has 0 aliphatic carbocycles. The van der Waals surface area contributed by atoms with Crippen molar-refractivity contribution in [2.24, 2.45) is 0 Å². The summed E-state index contributed by atoms with van der Waals surface area (Å²) >= 11 is 0. The van der Waals surface area contributed by atoms with E-state index in [9.17, 15) is 9.59 Å². The molecule has 1 saturated heterocycles. The SMILES string of the molecule is COc1cccc(CNC(=O)[C@@H]2CSSCCCCC(=O)N2)c1OC. The third kappa shape index (κ3) is 6.04. The first-order valence-corrected chi connectivity index (χ1v) is 10.7. The van der Waals surface area contributed by atoms with E-state index in [2.05, 4.69) is 10.6 Å². The summed E-state index contributed by atoms with van der Waals surface area (Å²) < 4.78 is 10.6. The van der Waals surface area contributed by atoms with Crippen LogP contribution in [0.2, 0.25) is 0 Å². The van der Waals surface area contributed by atoms with Crippen molar-refractivity contribution < 1.29 is 19.1 Å². The van der Waals surface area contributed by atoms with Crippen LogP contribution in [0.15, 0.2) is 18.2 Å². The van der Waals surface area contributed by atoms with Gasteiger partial charge in [0.15, 0.2) is 11.5 Å². The zero-order valence-corrected chi connectivity index (χ0v) is 16.1. The minimum absolute atomic E-state index is 0.0633. The molecule has 0 spiro atoms. The molecule has 1 atom stereocenters. The molecule has 0 unspecified atom stereocenters. The Labute approximate surface area is 156 Å². The maximum atomic E-state index is 12.5. The molecule has 1 aliphatic heterocycles. The molecule has 0 saturated carbocycles. The van der Waals surface area contributed by atoms with Gasteiger partial charge in [-0.25, -0.2) is 0 Å².